The molecule has 17 heavy (non-hydrogen) atoms. The summed E-state index contributed by atoms with van der Waals surface area (Å²) in [6, 6.07) is 0. The zero-order valence-corrected chi connectivity index (χ0v) is 11.6. The fourth-order valence-electron chi connectivity index (χ4n) is 1.88. The monoisotopic (exact) mass is 244 g/mol. The largest absolute Gasteiger partial charge is 0.481 e. The van der Waals surface area contributed by atoms with E-state index in [1.807, 2.05) is 6.92 Å². The topological polar surface area (TPSA) is 46.5 Å². The molecule has 0 spiro atoms. The number of unbranched alkanes of at least 4 members (excludes halogenated alkanes) is 2. The number of rotatable bonds is 11. The first-order chi connectivity index (χ1) is 8.07. The average molecular weight is 244 g/mol. The van der Waals surface area contributed by atoms with Crippen LogP contribution >= 0.6 is 0 Å². The standard InChI is InChI=1S/C14H28O3/c1-4-17-11-10-13(14(15)16)9-7-5-6-8-12(2)3/h12-13H,4-11H2,1-3H3,(H,15,16). The minimum absolute atomic E-state index is 0.222. The molecule has 0 radical (unpaired) electrons. The van der Waals surface area contributed by atoms with Crippen LogP contribution in [0, 0.1) is 11.8 Å². The van der Waals surface area contributed by atoms with Crippen molar-refractivity contribution in [1.29, 1.82) is 0 Å². The SMILES string of the molecule is CCOCCC(CCCCCC(C)C)C(=O)O. The van der Waals surface area contributed by atoms with Gasteiger partial charge in [-0.2, -0.15) is 0 Å². The third-order valence-corrected chi connectivity index (χ3v) is 3.00. The van der Waals surface area contributed by atoms with Crippen LogP contribution in [-0.2, 0) is 9.53 Å². The number of hydrogen-bond donors (Lipinski definition) is 1. The van der Waals surface area contributed by atoms with Gasteiger partial charge in [-0.25, -0.2) is 0 Å². The van der Waals surface area contributed by atoms with E-state index in [9.17, 15) is 4.79 Å². The van der Waals surface area contributed by atoms with Gasteiger partial charge in [0.15, 0.2) is 0 Å². The van der Waals surface area contributed by atoms with Gasteiger partial charge in [-0.05, 0) is 25.7 Å². The van der Waals surface area contributed by atoms with Crippen LogP contribution in [0.5, 0.6) is 0 Å². The van der Waals surface area contributed by atoms with E-state index in [1.165, 1.54) is 12.8 Å². The van der Waals surface area contributed by atoms with Crippen LogP contribution < -0.4 is 0 Å². The number of hydrogen-bond acceptors (Lipinski definition) is 2. The van der Waals surface area contributed by atoms with Crippen LogP contribution in [0.1, 0.15) is 59.3 Å². The van der Waals surface area contributed by atoms with Gasteiger partial charge in [-0.15, -0.1) is 0 Å². The summed E-state index contributed by atoms with van der Waals surface area (Å²) in [5.41, 5.74) is 0. The molecule has 1 N–H and O–H groups in total. The number of aliphatic carboxylic acids is 1. The highest BCUT2D eigenvalue weighted by atomic mass is 16.5. The Morgan fingerprint density at radius 3 is 2.29 bits per heavy atom. The van der Waals surface area contributed by atoms with Crippen LogP contribution in [-0.4, -0.2) is 24.3 Å². The maximum absolute atomic E-state index is 11.0. The highest BCUT2D eigenvalue weighted by molar-refractivity contribution is 5.69. The second-order valence-electron chi connectivity index (χ2n) is 5.05. The lowest BCUT2D eigenvalue weighted by molar-refractivity contribution is -0.142. The van der Waals surface area contributed by atoms with Gasteiger partial charge >= 0.3 is 5.97 Å². The van der Waals surface area contributed by atoms with Crippen LogP contribution in [0.2, 0.25) is 0 Å². The summed E-state index contributed by atoms with van der Waals surface area (Å²) in [6.45, 7) is 7.62. The third-order valence-electron chi connectivity index (χ3n) is 3.00. The molecule has 0 aromatic carbocycles. The fourth-order valence-corrected chi connectivity index (χ4v) is 1.88. The maximum atomic E-state index is 11.0. The first-order valence-electron chi connectivity index (χ1n) is 6.88. The molecule has 1 unspecified atom stereocenters. The molecule has 0 saturated carbocycles. The molecule has 3 heteroatoms. The lowest BCUT2D eigenvalue weighted by Crippen LogP contribution is -2.16. The maximum Gasteiger partial charge on any atom is 0.306 e. The number of carboxylic acid groups (broad SMARTS) is 1. The van der Waals surface area contributed by atoms with Crippen LogP contribution in [0.15, 0.2) is 0 Å². The molecular weight excluding hydrogens is 216 g/mol. The lowest BCUT2D eigenvalue weighted by Gasteiger charge is -2.12. The molecule has 0 aliphatic heterocycles. The summed E-state index contributed by atoms with van der Waals surface area (Å²) in [6.07, 6.45) is 6.08. The molecule has 0 amide bonds. The van der Waals surface area contributed by atoms with Crippen molar-refractivity contribution >= 4 is 5.97 Å². The van der Waals surface area contributed by atoms with Crippen molar-refractivity contribution in [2.45, 2.75) is 59.3 Å². The normalized spacial score (nSPS) is 12.9. The molecule has 0 fully saturated rings. The summed E-state index contributed by atoms with van der Waals surface area (Å²) in [5, 5.41) is 9.06. The van der Waals surface area contributed by atoms with Gasteiger partial charge in [0.2, 0.25) is 0 Å². The van der Waals surface area contributed by atoms with E-state index in [1.54, 1.807) is 0 Å². The lowest BCUT2D eigenvalue weighted by atomic mass is 9.97. The van der Waals surface area contributed by atoms with Crippen molar-refractivity contribution in [1.82, 2.24) is 0 Å². The Labute approximate surface area is 106 Å². The van der Waals surface area contributed by atoms with Gasteiger partial charge in [0.25, 0.3) is 0 Å². The minimum Gasteiger partial charge on any atom is -0.481 e. The van der Waals surface area contributed by atoms with E-state index in [-0.39, 0.29) is 5.92 Å². The van der Waals surface area contributed by atoms with Crippen molar-refractivity contribution in [2.75, 3.05) is 13.2 Å². The molecular formula is C14H28O3. The highest BCUT2D eigenvalue weighted by Crippen LogP contribution is 2.16. The van der Waals surface area contributed by atoms with Gasteiger partial charge in [0.1, 0.15) is 0 Å². The molecule has 0 aliphatic carbocycles. The van der Waals surface area contributed by atoms with Gasteiger partial charge in [0, 0.05) is 13.2 Å². The summed E-state index contributed by atoms with van der Waals surface area (Å²) < 4.78 is 5.21. The summed E-state index contributed by atoms with van der Waals surface area (Å²) in [7, 11) is 0. The molecule has 0 bridgehead atoms. The van der Waals surface area contributed by atoms with E-state index in [0.29, 0.717) is 19.6 Å². The third kappa shape index (κ3) is 10.3. The van der Waals surface area contributed by atoms with Crippen molar-refractivity contribution in [3.8, 4) is 0 Å². The van der Waals surface area contributed by atoms with E-state index in [2.05, 4.69) is 13.8 Å². The molecule has 0 heterocycles. The Morgan fingerprint density at radius 1 is 1.12 bits per heavy atom. The van der Waals surface area contributed by atoms with Gasteiger partial charge in [-0.1, -0.05) is 39.5 Å². The van der Waals surface area contributed by atoms with Crippen molar-refractivity contribution in [3.63, 3.8) is 0 Å². The Bertz CT molecular complexity index is 190. The minimum atomic E-state index is -0.673. The number of carboxylic acids is 1. The van der Waals surface area contributed by atoms with Crippen LogP contribution in [0.4, 0.5) is 0 Å². The Balaban J connectivity index is 3.59. The van der Waals surface area contributed by atoms with Crippen LogP contribution in [0.3, 0.4) is 0 Å². The second-order valence-corrected chi connectivity index (χ2v) is 5.05. The Hall–Kier alpha value is -0.570. The summed E-state index contributed by atoms with van der Waals surface area (Å²) in [5.74, 6) is -0.141. The quantitative estimate of drug-likeness (QED) is 0.563. The predicted octanol–water partition coefficient (Wildman–Crippen LogP) is 3.72. The van der Waals surface area contributed by atoms with Gasteiger partial charge < -0.3 is 9.84 Å². The first kappa shape index (κ1) is 16.4. The predicted molar refractivity (Wildman–Crippen MR) is 70.2 cm³/mol. The molecule has 0 saturated heterocycles. The molecule has 102 valence electrons. The molecule has 0 aromatic heterocycles. The molecule has 0 aromatic rings. The smallest absolute Gasteiger partial charge is 0.306 e. The van der Waals surface area contributed by atoms with E-state index >= 15 is 0 Å². The Morgan fingerprint density at radius 2 is 1.76 bits per heavy atom. The fraction of sp³-hybridized carbons (Fsp3) is 0.929. The van der Waals surface area contributed by atoms with Crippen molar-refractivity contribution in [3.05, 3.63) is 0 Å². The summed E-state index contributed by atoms with van der Waals surface area (Å²) in [4.78, 5) is 11.0. The van der Waals surface area contributed by atoms with E-state index in [0.717, 1.165) is 25.2 Å². The zero-order valence-electron chi connectivity index (χ0n) is 11.6. The number of carbonyl (C=O) groups is 1. The second kappa shape index (κ2) is 10.6. The van der Waals surface area contributed by atoms with Gasteiger partial charge in [0.05, 0.1) is 5.92 Å². The molecule has 1 atom stereocenters. The molecule has 0 rings (SSSR count). The molecule has 0 aliphatic rings. The molecule has 3 nitrogen and oxygen atoms in total. The Kier molecular flexibility index (Phi) is 10.2. The van der Waals surface area contributed by atoms with E-state index < -0.39 is 5.97 Å². The highest BCUT2D eigenvalue weighted by Gasteiger charge is 2.16. The summed E-state index contributed by atoms with van der Waals surface area (Å²) >= 11 is 0. The van der Waals surface area contributed by atoms with E-state index in [4.69, 9.17) is 9.84 Å². The average Bonchev–Trinajstić information content (AvgIpc) is 2.25. The number of ether oxygens (including phenoxy) is 1. The van der Waals surface area contributed by atoms with Crippen LogP contribution in [0.25, 0.3) is 0 Å². The first-order valence-corrected chi connectivity index (χ1v) is 6.88. The van der Waals surface area contributed by atoms with Gasteiger partial charge in [-0.3, -0.25) is 4.79 Å². The zero-order chi connectivity index (χ0) is 13.1. The van der Waals surface area contributed by atoms with Crippen molar-refractivity contribution in [2.24, 2.45) is 11.8 Å². The van der Waals surface area contributed by atoms with Crippen molar-refractivity contribution < 1.29 is 14.6 Å².